The molecule has 3 aromatic rings. The molecule has 0 aliphatic rings. The predicted molar refractivity (Wildman–Crippen MR) is 124 cm³/mol. The zero-order valence-corrected chi connectivity index (χ0v) is 17.6. The van der Waals surface area contributed by atoms with E-state index in [-0.39, 0.29) is 0 Å². The van der Waals surface area contributed by atoms with Crippen LogP contribution in [-0.2, 0) is 6.54 Å². The SMILES string of the molecule is C=C(NCc1cccnc1)c1cccc(Oc2ccnc(/C(C=NC)=C/C)c2)c1C. The van der Waals surface area contributed by atoms with Gasteiger partial charge in [-0.25, -0.2) is 0 Å². The Labute approximate surface area is 177 Å². The molecule has 0 saturated carbocycles. The van der Waals surface area contributed by atoms with Gasteiger partial charge in [0.1, 0.15) is 11.5 Å². The molecule has 0 aliphatic carbocycles. The van der Waals surface area contributed by atoms with E-state index in [4.69, 9.17) is 4.74 Å². The van der Waals surface area contributed by atoms with Crippen molar-refractivity contribution >= 4 is 17.5 Å². The third kappa shape index (κ3) is 5.20. The highest BCUT2D eigenvalue weighted by Crippen LogP contribution is 2.30. The molecule has 2 heterocycles. The zero-order valence-electron chi connectivity index (χ0n) is 17.6. The lowest BCUT2D eigenvalue weighted by Crippen LogP contribution is -2.12. The maximum atomic E-state index is 6.19. The highest BCUT2D eigenvalue weighted by Gasteiger charge is 2.10. The van der Waals surface area contributed by atoms with Crippen LogP contribution in [0.5, 0.6) is 11.5 Å². The summed E-state index contributed by atoms with van der Waals surface area (Å²) in [7, 11) is 1.74. The number of nitrogens with one attached hydrogen (secondary N) is 1. The zero-order chi connectivity index (χ0) is 21.3. The van der Waals surface area contributed by atoms with E-state index in [1.165, 1.54) is 0 Å². The van der Waals surface area contributed by atoms with Gasteiger partial charge in [-0.1, -0.05) is 30.9 Å². The fourth-order valence-corrected chi connectivity index (χ4v) is 3.05. The van der Waals surface area contributed by atoms with Gasteiger partial charge in [0.2, 0.25) is 0 Å². The molecule has 1 N–H and O–H groups in total. The first-order chi connectivity index (χ1) is 14.6. The van der Waals surface area contributed by atoms with Gasteiger partial charge in [-0.3, -0.25) is 15.0 Å². The van der Waals surface area contributed by atoms with E-state index in [0.717, 1.165) is 45.2 Å². The first kappa shape index (κ1) is 21.0. The van der Waals surface area contributed by atoms with E-state index in [2.05, 4.69) is 26.9 Å². The molecule has 30 heavy (non-hydrogen) atoms. The van der Waals surface area contributed by atoms with Crippen molar-refractivity contribution in [3.8, 4) is 11.5 Å². The Morgan fingerprint density at radius 1 is 1.20 bits per heavy atom. The van der Waals surface area contributed by atoms with Crippen molar-refractivity contribution in [3.05, 3.63) is 96.1 Å². The topological polar surface area (TPSA) is 59.4 Å². The Morgan fingerprint density at radius 3 is 2.80 bits per heavy atom. The number of hydrogen-bond acceptors (Lipinski definition) is 5. The molecule has 0 unspecified atom stereocenters. The Bertz CT molecular complexity index is 1070. The van der Waals surface area contributed by atoms with Crippen LogP contribution in [0.2, 0.25) is 0 Å². The molecule has 0 aliphatic heterocycles. The molecule has 0 amide bonds. The van der Waals surface area contributed by atoms with Crippen molar-refractivity contribution in [1.82, 2.24) is 15.3 Å². The number of aliphatic imine (C=N–C) groups is 1. The van der Waals surface area contributed by atoms with Gasteiger partial charge in [0.15, 0.2) is 0 Å². The Balaban J connectivity index is 1.77. The molecule has 152 valence electrons. The summed E-state index contributed by atoms with van der Waals surface area (Å²) < 4.78 is 6.19. The second-order valence-corrected chi connectivity index (χ2v) is 6.73. The van der Waals surface area contributed by atoms with Crippen molar-refractivity contribution in [2.24, 2.45) is 4.99 Å². The van der Waals surface area contributed by atoms with Crippen LogP contribution in [0, 0.1) is 6.92 Å². The summed E-state index contributed by atoms with van der Waals surface area (Å²) in [5.74, 6) is 1.50. The normalized spacial score (nSPS) is 11.5. The molecule has 0 spiro atoms. The summed E-state index contributed by atoms with van der Waals surface area (Å²) >= 11 is 0. The maximum Gasteiger partial charge on any atom is 0.131 e. The van der Waals surface area contributed by atoms with Crippen LogP contribution in [0.3, 0.4) is 0 Å². The van der Waals surface area contributed by atoms with Crippen LogP contribution in [0.25, 0.3) is 11.3 Å². The lowest BCUT2D eigenvalue weighted by molar-refractivity contribution is 0.477. The summed E-state index contributed by atoms with van der Waals surface area (Å²) in [5.41, 5.74) is 5.73. The van der Waals surface area contributed by atoms with E-state index < -0.39 is 0 Å². The van der Waals surface area contributed by atoms with Gasteiger partial charge < -0.3 is 10.1 Å². The third-order valence-electron chi connectivity index (χ3n) is 4.67. The third-order valence-corrected chi connectivity index (χ3v) is 4.67. The van der Waals surface area contributed by atoms with Crippen molar-refractivity contribution in [3.63, 3.8) is 0 Å². The average Bonchev–Trinajstić information content (AvgIpc) is 2.78. The molecule has 0 fully saturated rings. The number of hydrogen-bond donors (Lipinski definition) is 1. The highest BCUT2D eigenvalue weighted by molar-refractivity contribution is 6.08. The first-order valence-corrected chi connectivity index (χ1v) is 9.76. The second kappa shape index (κ2) is 10.2. The number of nitrogens with zero attached hydrogens (tertiary/aromatic N) is 3. The molecule has 0 saturated heterocycles. The molecule has 3 rings (SSSR count). The minimum atomic E-state index is 0.663. The Morgan fingerprint density at radius 2 is 2.07 bits per heavy atom. The van der Waals surface area contributed by atoms with Gasteiger partial charge >= 0.3 is 0 Å². The highest BCUT2D eigenvalue weighted by atomic mass is 16.5. The van der Waals surface area contributed by atoms with Gasteiger partial charge in [-0.05, 0) is 37.6 Å². The van der Waals surface area contributed by atoms with Gasteiger partial charge in [0.25, 0.3) is 0 Å². The van der Waals surface area contributed by atoms with Crippen molar-refractivity contribution in [2.75, 3.05) is 7.05 Å². The van der Waals surface area contributed by atoms with Gasteiger partial charge in [0.05, 0.1) is 5.69 Å². The van der Waals surface area contributed by atoms with Crippen molar-refractivity contribution in [2.45, 2.75) is 20.4 Å². The molecule has 0 radical (unpaired) electrons. The van der Waals surface area contributed by atoms with Crippen LogP contribution >= 0.6 is 0 Å². The summed E-state index contributed by atoms with van der Waals surface area (Å²) in [6, 6.07) is 13.7. The quantitative estimate of drug-likeness (QED) is 0.513. The van der Waals surface area contributed by atoms with E-state index in [0.29, 0.717) is 6.54 Å². The molecule has 5 heteroatoms. The van der Waals surface area contributed by atoms with Crippen LogP contribution in [0.15, 0.2) is 78.7 Å². The molecular weight excluding hydrogens is 372 g/mol. The van der Waals surface area contributed by atoms with Crippen molar-refractivity contribution in [1.29, 1.82) is 0 Å². The number of rotatable bonds is 8. The fraction of sp³-hybridized carbons (Fsp3) is 0.160. The van der Waals surface area contributed by atoms with Crippen LogP contribution in [0.1, 0.15) is 29.3 Å². The van der Waals surface area contributed by atoms with Gasteiger partial charge in [0, 0.05) is 66.9 Å². The molecule has 0 atom stereocenters. The molecule has 5 nitrogen and oxygen atoms in total. The van der Waals surface area contributed by atoms with E-state index in [9.17, 15) is 0 Å². The molecule has 0 bridgehead atoms. The number of ether oxygens (including phenoxy) is 1. The van der Waals surface area contributed by atoms with Crippen LogP contribution in [-0.4, -0.2) is 23.2 Å². The maximum absolute atomic E-state index is 6.19. The first-order valence-electron chi connectivity index (χ1n) is 9.76. The number of benzene rings is 1. The Hall–Kier alpha value is -3.73. The smallest absolute Gasteiger partial charge is 0.131 e. The summed E-state index contributed by atoms with van der Waals surface area (Å²) in [4.78, 5) is 12.7. The van der Waals surface area contributed by atoms with Crippen molar-refractivity contribution < 1.29 is 4.74 Å². The second-order valence-electron chi connectivity index (χ2n) is 6.73. The monoisotopic (exact) mass is 398 g/mol. The van der Waals surface area contributed by atoms with E-state index in [1.54, 1.807) is 25.7 Å². The van der Waals surface area contributed by atoms with Crippen LogP contribution in [0.4, 0.5) is 0 Å². The molecule has 1 aromatic carbocycles. The van der Waals surface area contributed by atoms with Crippen LogP contribution < -0.4 is 10.1 Å². The largest absolute Gasteiger partial charge is 0.457 e. The number of allylic oxidation sites excluding steroid dienone is 2. The lowest BCUT2D eigenvalue weighted by Gasteiger charge is -2.16. The predicted octanol–water partition coefficient (Wildman–Crippen LogP) is 5.44. The summed E-state index contributed by atoms with van der Waals surface area (Å²) in [5, 5.41) is 3.37. The number of pyridine rings is 2. The van der Waals surface area contributed by atoms with E-state index >= 15 is 0 Å². The minimum Gasteiger partial charge on any atom is -0.457 e. The van der Waals surface area contributed by atoms with Gasteiger partial charge in [-0.15, -0.1) is 0 Å². The standard InChI is InChI=1S/C25H26N4O/c1-5-21(17-26-4)24-14-22(11-13-28-24)30-25-10-6-9-23(18(25)2)19(3)29-16-20-8-7-12-27-15-20/h5-15,17,29H,3,16H2,1-2,4H3/b21-5+,26-17?. The lowest BCUT2D eigenvalue weighted by atomic mass is 10.1. The number of aromatic nitrogens is 2. The fourth-order valence-electron chi connectivity index (χ4n) is 3.05. The van der Waals surface area contributed by atoms with E-state index in [1.807, 2.05) is 68.6 Å². The van der Waals surface area contributed by atoms with Gasteiger partial charge in [-0.2, -0.15) is 0 Å². The minimum absolute atomic E-state index is 0.663. The Kier molecular flexibility index (Phi) is 7.11. The molecule has 2 aromatic heterocycles. The average molecular weight is 399 g/mol. The summed E-state index contributed by atoms with van der Waals surface area (Å²) in [6.07, 6.45) is 9.11. The summed E-state index contributed by atoms with van der Waals surface area (Å²) in [6.45, 7) is 8.86. The molecular formula is C25H26N4O.